The second-order valence-corrected chi connectivity index (χ2v) is 4.62. The minimum atomic E-state index is -0.135. The van der Waals surface area contributed by atoms with Gasteiger partial charge in [-0.05, 0) is 20.9 Å². The number of aromatic nitrogens is 1. The molecular weight excluding hydrogens is 224 g/mol. The molecule has 0 aliphatic heterocycles. The van der Waals surface area contributed by atoms with Crippen LogP contribution in [0.5, 0.6) is 0 Å². The monoisotopic (exact) mass is 242 g/mol. The highest BCUT2D eigenvalue weighted by Crippen LogP contribution is 2.10. The molecule has 0 amide bonds. The number of carbonyl (C=O) groups excluding carboxylic acids is 1. The molecule has 4 nitrogen and oxygen atoms in total. The molecule has 0 radical (unpaired) electrons. The quantitative estimate of drug-likeness (QED) is 0.714. The van der Waals surface area contributed by atoms with Crippen LogP contribution in [0.3, 0.4) is 0 Å². The Labute approximate surface area is 100 Å². The first-order valence-electron chi connectivity index (χ1n) is 5.37. The molecule has 1 aromatic rings. The Morgan fingerprint density at radius 2 is 2.38 bits per heavy atom. The highest BCUT2D eigenvalue weighted by molar-refractivity contribution is 7.09. The van der Waals surface area contributed by atoms with Gasteiger partial charge in [-0.25, -0.2) is 4.98 Å². The molecule has 0 aliphatic rings. The van der Waals surface area contributed by atoms with Crippen molar-refractivity contribution in [1.82, 2.24) is 9.88 Å². The fourth-order valence-corrected chi connectivity index (χ4v) is 2.15. The van der Waals surface area contributed by atoms with Crippen molar-refractivity contribution >= 4 is 17.3 Å². The van der Waals surface area contributed by atoms with Crippen LogP contribution in [0.25, 0.3) is 0 Å². The van der Waals surface area contributed by atoms with E-state index in [1.54, 1.807) is 11.3 Å². The van der Waals surface area contributed by atoms with Gasteiger partial charge in [-0.2, -0.15) is 0 Å². The van der Waals surface area contributed by atoms with Gasteiger partial charge in [0.1, 0.15) is 5.01 Å². The van der Waals surface area contributed by atoms with Crippen LogP contribution in [-0.2, 0) is 16.1 Å². The van der Waals surface area contributed by atoms with E-state index >= 15 is 0 Å². The first kappa shape index (κ1) is 13.1. The van der Waals surface area contributed by atoms with Gasteiger partial charge < -0.3 is 4.74 Å². The van der Waals surface area contributed by atoms with Crippen molar-refractivity contribution in [3.05, 3.63) is 16.1 Å². The first-order chi connectivity index (χ1) is 7.61. The molecule has 1 heterocycles. The summed E-state index contributed by atoms with van der Waals surface area (Å²) in [6, 6.07) is 0. The zero-order valence-electron chi connectivity index (χ0n) is 10.0. The molecule has 0 aliphatic carbocycles. The summed E-state index contributed by atoms with van der Waals surface area (Å²) >= 11 is 1.65. The first-order valence-corrected chi connectivity index (χ1v) is 6.25. The van der Waals surface area contributed by atoms with Gasteiger partial charge in [0.15, 0.2) is 0 Å². The maximum Gasteiger partial charge on any atom is 0.307 e. The minimum Gasteiger partial charge on any atom is -0.466 e. The lowest BCUT2D eigenvalue weighted by Crippen LogP contribution is -2.22. The maximum absolute atomic E-state index is 11.1. The second-order valence-electron chi connectivity index (χ2n) is 3.68. The topological polar surface area (TPSA) is 42.4 Å². The minimum absolute atomic E-state index is 0.135. The van der Waals surface area contributed by atoms with E-state index in [0.29, 0.717) is 19.6 Å². The van der Waals surface area contributed by atoms with Crippen LogP contribution >= 0.6 is 11.3 Å². The fourth-order valence-electron chi connectivity index (χ4n) is 1.30. The molecular formula is C11H18N2O2S. The molecule has 0 fully saturated rings. The van der Waals surface area contributed by atoms with Crippen LogP contribution in [0.15, 0.2) is 5.38 Å². The summed E-state index contributed by atoms with van der Waals surface area (Å²) in [5.74, 6) is -0.135. The standard InChI is InChI=1S/C11H18N2O2S/c1-4-15-11(14)5-6-13(3)7-10-12-9(2)8-16-10/h8H,4-7H2,1-3H3. The van der Waals surface area contributed by atoms with E-state index in [0.717, 1.165) is 17.2 Å². The van der Waals surface area contributed by atoms with E-state index in [1.165, 1.54) is 0 Å². The summed E-state index contributed by atoms with van der Waals surface area (Å²) in [6.07, 6.45) is 0.439. The van der Waals surface area contributed by atoms with Gasteiger partial charge in [-0.1, -0.05) is 0 Å². The van der Waals surface area contributed by atoms with E-state index in [9.17, 15) is 4.79 Å². The third-order valence-electron chi connectivity index (χ3n) is 2.07. The molecule has 0 saturated heterocycles. The van der Waals surface area contributed by atoms with Crippen LogP contribution in [0, 0.1) is 6.92 Å². The van der Waals surface area contributed by atoms with Crippen molar-refractivity contribution in [2.75, 3.05) is 20.2 Å². The number of thiazole rings is 1. The molecule has 0 N–H and O–H groups in total. The molecule has 5 heteroatoms. The highest BCUT2D eigenvalue weighted by atomic mass is 32.1. The Bertz CT molecular complexity index is 338. The largest absolute Gasteiger partial charge is 0.466 e. The van der Waals surface area contributed by atoms with Crippen molar-refractivity contribution in [2.45, 2.75) is 26.8 Å². The predicted molar refractivity (Wildman–Crippen MR) is 64.4 cm³/mol. The van der Waals surface area contributed by atoms with Gasteiger partial charge in [-0.15, -0.1) is 11.3 Å². The lowest BCUT2D eigenvalue weighted by Gasteiger charge is -2.13. The van der Waals surface area contributed by atoms with E-state index in [4.69, 9.17) is 4.74 Å². The average Bonchev–Trinajstić information content (AvgIpc) is 2.61. The molecule has 0 bridgehead atoms. The SMILES string of the molecule is CCOC(=O)CCN(C)Cc1nc(C)cs1. The molecule has 90 valence electrons. The molecule has 0 unspecified atom stereocenters. The number of hydrogen-bond acceptors (Lipinski definition) is 5. The summed E-state index contributed by atoms with van der Waals surface area (Å²) in [7, 11) is 1.98. The lowest BCUT2D eigenvalue weighted by molar-refractivity contribution is -0.143. The van der Waals surface area contributed by atoms with Crippen LogP contribution in [0.2, 0.25) is 0 Å². The molecule has 1 rings (SSSR count). The summed E-state index contributed by atoms with van der Waals surface area (Å²) in [6.45, 7) is 5.75. The normalized spacial score (nSPS) is 10.8. The maximum atomic E-state index is 11.1. The number of esters is 1. The molecule has 1 aromatic heterocycles. The fraction of sp³-hybridized carbons (Fsp3) is 0.636. The Kier molecular flexibility index (Phi) is 5.42. The Morgan fingerprint density at radius 1 is 1.62 bits per heavy atom. The number of ether oxygens (including phenoxy) is 1. The highest BCUT2D eigenvalue weighted by Gasteiger charge is 2.07. The van der Waals surface area contributed by atoms with Crippen molar-refractivity contribution < 1.29 is 9.53 Å². The van der Waals surface area contributed by atoms with Crippen LogP contribution in [-0.4, -0.2) is 36.1 Å². The Balaban J connectivity index is 2.25. The van der Waals surface area contributed by atoms with Crippen molar-refractivity contribution in [3.8, 4) is 0 Å². The third-order valence-corrected chi connectivity index (χ3v) is 3.03. The van der Waals surface area contributed by atoms with Gasteiger partial charge in [0, 0.05) is 17.6 Å². The van der Waals surface area contributed by atoms with Gasteiger partial charge in [0.05, 0.1) is 19.6 Å². The van der Waals surface area contributed by atoms with E-state index < -0.39 is 0 Å². The summed E-state index contributed by atoms with van der Waals surface area (Å²) < 4.78 is 4.87. The van der Waals surface area contributed by atoms with E-state index in [-0.39, 0.29) is 5.97 Å². The zero-order chi connectivity index (χ0) is 12.0. The number of hydrogen-bond donors (Lipinski definition) is 0. The Hall–Kier alpha value is -0.940. The lowest BCUT2D eigenvalue weighted by atomic mass is 10.4. The summed E-state index contributed by atoms with van der Waals surface area (Å²) in [5, 5.41) is 3.12. The summed E-state index contributed by atoms with van der Waals surface area (Å²) in [4.78, 5) is 17.6. The average molecular weight is 242 g/mol. The van der Waals surface area contributed by atoms with E-state index in [1.807, 2.05) is 26.3 Å². The van der Waals surface area contributed by atoms with Crippen LogP contribution in [0.1, 0.15) is 24.0 Å². The van der Waals surface area contributed by atoms with Crippen molar-refractivity contribution in [3.63, 3.8) is 0 Å². The number of rotatable bonds is 6. The zero-order valence-corrected chi connectivity index (χ0v) is 10.8. The molecule has 16 heavy (non-hydrogen) atoms. The molecule has 0 saturated carbocycles. The smallest absolute Gasteiger partial charge is 0.307 e. The Morgan fingerprint density at radius 3 is 2.94 bits per heavy atom. The molecule has 0 spiro atoms. The number of aryl methyl sites for hydroxylation is 1. The number of nitrogens with zero attached hydrogens (tertiary/aromatic N) is 2. The van der Waals surface area contributed by atoms with Gasteiger partial charge in [0.25, 0.3) is 0 Å². The van der Waals surface area contributed by atoms with Crippen LogP contribution in [0.4, 0.5) is 0 Å². The molecule has 0 atom stereocenters. The van der Waals surface area contributed by atoms with Gasteiger partial charge in [0.2, 0.25) is 0 Å². The number of carbonyl (C=O) groups is 1. The molecule has 0 aromatic carbocycles. The van der Waals surface area contributed by atoms with Crippen molar-refractivity contribution in [1.29, 1.82) is 0 Å². The third kappa shape index (κ3) is 4.72. The van der Waals surface area contributed by atoms with Gasteiger partial charge >= 0.3 is 5.97 Å². The predicted octanol–water partition coefficient (Wildman–Crippen LogP) is 1.84. The summed E-state index contributed by atoms with van der Waals surface area (Å²) in [5.41, 5.74) is 1.05. The van der Waals surface area contributed by atoms with Crippen molar-refractivity contribution in [2.24, 2.45) is 0 Å². The second kappa shape index (κ2) is 6.60. The van der Waals surface area contributed by atoms with E-state index in [2.05, 4.69) is 9.88 Å². The van der Waals surface area contributed by atoms with Crippen LogP contribution < -0.4 is 0 Å². The van der Waals surface area contributed by atoms with Gasteiger partial charge in [-0.3, -0.25) is 9.69 Å².